The largest absolute Gasteiger partial charge is 0.405 e. The molecule has 0 atom stereocenters. The van der Waals surface area contributed by atoms with Gasteiger partial charge in [-0.05, 0) is 42.0 Å². The first-order valence-electron chi connectivity index (χ1n) is 7.94. The minimum Gasteiger partial charge on any atom is -0.343 e. The number of amides is 2. The lowest BCUT2D eigenvalue weighted by molar-refractivity contribution is -0.123. The first-order chi connectivity index (χ1) is 13.0. The third-order valence-corrected chi connectivity index (χ3v) is 5.22. The van der Waals surface area contributed by atoms with Crippen LogP contribution in [0.15, 0.2) is 47.4 Å². The van der Waals surface area contributed by atoms with Crippen molar-refractivity contribution in [2.45, 2.75) is 17.5 Å². The zero-order chi connectivity index (χ0) is 20.5. The highest BCUT2D eigenvalue weighted by atomic mass is 32.2. The average molecular weight is 413 g/mol. The Morgan fingerprint density at radius 3 is 2.61 bits per heavy atom. The van der Waals surface area contributed by atoms with Crippen LogP contribution in [0, 0.1) is 0 Å². The van der Waals surface area contributed by atoms with Gasteiger partial charge in [-0.15, -0.1) is 0 Å². The normalized spacial score (nSPS) is 13.6. The van der Waals surface area contributed by atoms with E-state index >= 15 is 0 Å². The lowest BCUT2D eigenvalue weighted by Gasteiger charge is -2.11. The SMILES string of the molecule is O=C1Cc2cc(S(=O)(=O)Nc3cccc(C(=O)NCC(F)(F)F)c3)ccc2N1. The van der Waals surface area contributed by atoms with E-state index in [1.165, 1.54) is 36.4 Å². The maximum absolute atomic E-state index is 12.6. The number of anilines is 2. The van der Waals surface area contributed by atoms with Crippen molar-refractivity contribution in [3.05, 3.63) is 53.6 Å². The number of fused-ring (bicyclic) bond motifs is 1. The number of hydrogen-bond acceptors (Lipinski definition) is 4. The molecule has 2 amide bonds. The Morgan fingerprint density at radius 1 is 1.14 bits per heavy atom. The molecule has 3 N–H and O–H groups in total. The van der Waals surface area contributed by atoms with Crippen LogP contribution in [0.1, 0.15) is 15.9 Å². The molecule has 2 aromatic carbocycles. The van der Waals surface area contributed by atoms with Gasteiger partial charge in [-0.3, -0.25) is 14.3 Å². The van der Waals surface area contributed by atoms with Crippen LogP contribution < -0.4 is 15.4 Å². The molecule has 1 aliphatic rings. The second-order valence-corrected chi connectivity index (χ2v) is 7.71. The second kappa shape index (κ2) is 7.15. The maximum Gasteiger partial charge on any atom is 0.405 e. The Balaban J connectivity index is 1.77. The molecule has 0 saturated carbocycles. The van der Waals surface area contributed by atoms with E-state index in [1.807, 2.05) is 0 Å². The molecule has 148 valence electrons. The summed E-state index contributed by atoms with van der Waals surface area (Å²) in [5, 5.41) is 4.30. The molecule has 0 spiro atoms. The summed E-state index contributed by atoms with van der Waals surface area (Å²) in [5.41, 5.74) is 0.947. The molecule has 0 unspecified atom stereocenters. The lowest BCUT2D eigenvalue weighted by Crippen LogP contribution is -2.33. The van der Waals surface area contributed by atoms with Crippen molar-refractivity contribution >= 4 is 33.2 Å². The number of alkyl halides is 3. The Kier molecular flexibility index (Phi) is 5.02. The van der Waals surface area contributed by atoms with E-state index in [9.17, 15) is 31.2 Å². The van der Waals surface area contributed by atoms with Gasteiger partial charge in [0, 0.05) is 16.9 Å². The highest BCUT2D eigenvalue weighted by molar-refractivity contribution is 7.92. The van der Waals surface area contributed by atoms with E-state index < -0.39 is 28.7 Å². The van der Waals surface area contributed by atoms with Crippen molar-refractivity contribution in [1.29, 1.82) is 0 Å². The number of hydrogen-bond donors (Lipinski definition) is 3. The lowest BCUT2D eigenvalue weighted by atomic mass is 10.2. The molecule has 0 fully saturated rings. The van der Waals surface area contributed by atoms with Gasteiger partial charge < -0.3 is 10.6 Å². The molecule has 1 heterocycles. The third-order valence-electron chi connectivity index (χ3n) is 3.84. The van der Waals surface area contributed by atoms with Gasteiger partial charge >= 0.3 is 6.18 Å². The fourth-order valence-electron chi connectivity index (χ4n) is 2.59. The summed E-state index contributed by atoms with van der Waals surface area (Å²) >= 11 is 0. The Morgan fingerprint density at radius 2 is 1.89 bits per heavy atom. The molecule has 11 heteroatoms. The molecular formula is C17H14F3N3O4S. The number of halogens is 3. The number of carbonyl (C=O) groups excluding carboxylic acids is 2. The number of carbonyl (C=O) groups is 2. The van der Waals surface area contributed by atoms with E-state index in [4.69, 9.17) is 0 Å². The van der Waals surface area contributed by atoms with Gasteiger partial charge in [-0.1, -0.05) is 6.07 Å². The van der Waals surface area contributed by atoms with Crippen molar-refractivity contribution in [2.24, 2.45) is 0 Å². The quantitative estimate of drug-likeness (QED) is 0.700. The van der Waals surface area contributed by atoms with Crippen LogP contribution in [0.4, 0.5) is 24.5 Å². The summed E-state index contributed by atoms with van der Waals surface area (Å²) in [5.74, 6) is -1.23. The topological polar surface area (TPSA) is 104 Å². The van der Waals surface area contributed by atoms with Crippen LogP contribution in [-0.2, 0) is 21.2 Å². The van der Waals surface area contributed by atoms with Gasteiger partial charge in [0.25, 0.3) is 15.9 Å². The van der Waals surface area contributed by atoms with Crippen molar-refractivity contribution in [3.63, 3.8) is 0 Å². The van der Waals surface area contributed by atoms with E-state index in [0.717, 1.165) is 6.07 Å². The predicted molar refractivity (Wildman–Crippen MR) is 94.4 cm³/mol. The summed E-state index contributed by atoms with van der Waals surface area (Å²) in [6.45, 7) is -1.50. The van der Waals surface area contributed by atoms with Gasteiger partial charge in [-0.25, -0.2) is 8.42 Å². The van der Waals surface area contributed by atoms with Crippen LogP contribution >= 0.6 is 0 Å². The number of sulfonamides is 1. The summed E-state index contributed by atoms with van der Waals surface area (Å²) in [7, 11) is -4.03. The molecule has 7 nitrogen and oxygen atoms in total. The van der Waals surface area contributed by atoms with Crippen molar-refractivity contribution in [2.75, 3.05) is 16.6 Å². The summed E-state index contributed by atoms with van der Waals surface area (Å²) in [4.78, 5) is 23.1. The average Bonchev–Trinajstić information content (AvgIpc) is 2.98. The molecule has 2 aromatic rings. The first kappa shape index (κ1) is 19.7. The van der Waals surface area contributed by atoms with Gasteiger partial charge in [0.1, 0.15) is 6.54 Å². The fourth-order valence-corrected chi connectivity index (χ4v) is 3.69. The van der Waals surface area contributed by atoms with Crippen molar-refractivity contribution in [3.8, 4) is 0 Å². The minimum atomic E-state index is -4.56. The Labute approximate surface area is 158 Å². The number of rotatable bonds is 5. The minimum absolute atomic E-state index is 0.00867. The van der Waals surface area contributed by atoms with Crippen molar-refractivity contribution < 1.29 is 31.2 Å². The van der Waals surface area contributed by atoms with Crippen LogP contribution in [0.5, 0.6) is 0 Å². The molecule has 28 heavy (non-hydrogen) atoms. The van der Waals surface area contributed by atoms with E-state index in [1.54, 1.807) is 5.32 Å². The Bertz CT molecular complexity index is 1050. The van der Waals surface area contributed by atoms with Crippen LogP contribution in [0.25, 0.3) is 0 Å². The van der Waals surface area contributed by atoms with Crippen molar-refractivity contribution in [1.82, 2.24) is 5.32 Å². The number of nitrogens with one attached hydrogen (secondary N) is 3. The molecular weight excluding hydrogens is 399 g/mol. The van der Waals surface area contributed by atoms with Crippen LogP contribution in [-0.4, -0.2) is 33.0 Å². The zero-order valence-corrected chi connectivity index (χ0v) is 14.9. The van der Waals surface area contributed by atoms with Gasteiger partial charge in [-0.2, -0.15) is 13.2 Å². The molecule has 3 rings (SSSR count). The third kappa shape index (κ3) is 4.60. The van der Waals surface area contributed by atoms with Gasteiger partial charge in [0.15, 0.2) is 0 Å². The molecule has 1 aliphatic heterocycles. The van der Waals surface area contributed by atoms with Gasteiger partial charge in [0.05, 0.1) is 11.3 Å². The standard InChI is InChI=1S/C17H14F3N3O4S/c18-17(19,20)9-21-16(25)10-2-1-3-12(6-10)23-28(26,27)13-4-5-14-11(7-13)8-15(24)22-14/h1-7,23H,8-9H2,(H,21,25)(H,22,24). The highest BCUT2D eigenvalue weighted by Gasteiger charge is 2.28. The van der Waals surface area contributed by atoms with Crippen LogP contribution in [0.2, 0.25) is 0 Å². The molecule has 0 radical (unpaired) electrons. The summed E-state index contributed by atoms with van der Waals surface area (Å²) in [6.07, 6.45) is -4.49. The Hall–Kier alpha value is -3.08. The molecule has 0 bridgehead atoms. The van der Waals surface area contributed by atoms with E-state index in [0.29, 0.717) is 11.3 Å². The molecule has 0 aliphatic carbocycles. The maximum atomic E-state index is 12.6. The zero-order valence-electron chi connectivity index (χ0n) is 14.1. The van der Waals surface area contributed by atoms with Crippen LogP contribution in [0.3, 0.4) is 0 Å². The summed E-state index contributed by atoms with van der Waals surface area (Å²) in [6, 6.07) is 9.22. The fraction of sp³-hybridized carbons (Fsp3) is 0.176. The monoisotopic (exact) mass is 413 g/mol. The number of benzene rings is 2. The van der Waals surface area contributed by atoms with E-state index in [2.05, 4.69) is 10.0 Å². The van der Waals surface area contributed by atoms with Gasteiger partial charge in [0.2, 0.25) is 5.91 Å². The second-order valence-electron chi connectivity index (χ2n) is 6.03. The highest BCUT2D eigenvalue weighted by Crippen LogP contribution is 2.27. The smallest absolute Gasteiger partial charge is 0.343 e. The van der Waals surface area contributed by atoms with E-state index in [-0.39, 0.29) is 28.5 Å². The molecule has 0 saturated heterocycles. The first-order valence-corrected chi connectivity index (χ1v) is 9.42. The molecule has 0 aromatic heterocycles. The predicted octanol–water partition coefficient (Wildman–Crippen LogP) is 2.27. The summed E-state index contributed by atoms with van der Waals surface area (Å²) < 4.78 is 64.0.